The Morgan fingerprint density at radius 2 is 0.823 bits per heavy atom. The smallest absolute Gasteiger partial charge is 0.462 e. The maximum Gasteiger partial charge on any atom is 0.472 e. The van der Waals surface area contributed by atoms with E-state index in [1.54, 1.807) is 0 Å². The second-order valence-corrected chi connectivity index (χ2v) is 19.1. The molecule has 6 N–H and O–H groups in total. The molecule has 1 saturated carbocycles. The van der Waals surface area contributed by atoms with Gasteiger partial charge in [0.2, 0.25) is 0 Å². The Hall–Kier alpha value is -1.41. The largest absolute Gasteiger partial charge is 0.472 e. The lowest BCUT2D eigenvalue weighted by atomic mass is 9.85. The quantitative estimate of drug-likeness (QED) is 0.0146. The summed E-state index contributed by atoms with van der Waals surface area (Å²) in [4.78, 5) is 35.8. The molecule has 366 valence electrons. The highest BCUT2D eigenvalue weighted by molar-refractivity contribution is 7.47. The van der Waals surface area contributed by atoms with Crippen LogP contribution in [0.25, 0.3) is 0 Å². The van der Waals surface area contributed by atoms with E-state index in [1.807, 2.05) is 0 Å². The molecular formula is C48H91O13P. The zero-order valence-corrected chi connectivity index (χ0v) is 39.8. The van der Waals surface area contributed by atoms with E-state index in [0.29, 0.717) is 12.8 Å². The number of ether oxygens (including phenoxy) is 2. The predicted molar refractivity (Wildman–Crippen MR) is 244 cm³/mol. The Morgan fingerprint density at radius 3 is 1.23 bits per heavy atom. The third-order valence-corrected chi connectivity index (χ3v) is 12.8. The number of carbonyl (C=O) groups excluding carboxylic acids is 2. The summed E-state index contributed by atoms with van der Waals surface area (Å²) in [7, 11) is -5.12. The number of phosphoric ester groups is 1. The van der Waals surface area contributed by atoms with Crippen molar-refractivity contribution < 1.29 is 63.1 Å². The lowest BCUT2D eigenvalue weighted by Gasteiger charge is -2.41. The lowest BCUT2D eigenvalue weighted by Crippen LogP contribution is -2.64. The summed E-state index contributed by atoms with van der Waals surface area (Å²) >= 11 is 0. The zero-order valence-electron chi connectivity index (χ0n) is 38.9. The molecule has 0 aliphatic heterocycles. The van der Waals surface area contributed by atoms with Gasteiger partial charge in [0.15, 0.2) is 6.10 Å². The van der Waals surface area contributed by atoms with Gasteiger partial charge in [0.25, 0.3) is 0 Å². The van der Waals surface area contributed by atoms with Crippen molar-refractivity contribution in [1.29, 1.82) is 0 Å². The van der Waals surface area contributed by atoms with Gasteiger partial charge in [0.1, 0.15) is 43.2 Å². The van der Waals surface area contributed by atoms with Crippen LogP contribution in [0.2, 0.25) is 0 Å². The Bertz CT molecular complexity index is 1140. The first-order valence-electron chi connectivity index (χ1n) is 25.0. The van der Waals surface area contributed by atoms with E-state index in [1.165, 1.54) is 128 Å². The maximum absolute atomic E-state index is 12.8. The second-order valence-electron chi connectivity index (χ2n) is 17.7. The summed E-state index contributed by atoms with van der Waals surface area (Å²) in [5, 5.41) is 50.2. The van der Waals surface area contributed by atoms with E-state index < -0.39 is 75.7 Å². The van der Waals surface area contributed by atoms with Gasteiger partial charge < -0.3 is 39.9 Å². The number of rotatable bonds is 42. The normalized spacial score (nSPS) is 21.9. The van der Waals surface area contributed by atoms with Crippen molar-refractivity contribution in [3.63, 3.8) is 0 Å². The van der Waals surface area contributed by atoms with Crippen LogP contribution in [0.3, 0.4) is 0 Å². The van der Waals surface area contributed by atoms with Crippen molar-refractivity contribution in [2.24, 2.45) is 0 Å². The fourth-order valence-corrected chi connectivity index (χ4v) is 8.79. The van der Waals surface area contributed by atoms with Crippen LogP contribution in [0, 0.1) is 0 Å². The van der Waals surface area contributed by atoms with Crippen LogP contribution < -0.4 is 0 Å². The molecular weight excluding hydrogens is 815 g/mol. The molecule has 0 amide bonds. The van der Waals surface area contributed by atoms with Gasteiger partial charge >= 0.3 is 19.8 Å². The molecule has 1 rings (SSSR count). The summed E-state index contributed by atoms with van der Waals surface area (Å²) in [5.41, 5.74) is 0. The van der Waals surface area contributed by atoms with E-state index in [4.69, 9.17) is 18.5 Å². The highest BCUT2D eigenvalue weighted by atomic mass is 31.2. The molecule has 1 fully saturated rings. The average molecular weight is 907 g/mol. The molecule has 0 spiro atoms. The van der Waals surface area contributed by atoms with Crippen LogP contribution in [0.15, 0.2) is 12.2 Å². The van der Waals surface area contributed by atoms with Gasteiger partial charge in [-0.3, -0.25) is 18.6 Å². The third-order valence-electron chi connectivity index (χ3n) is 11.9. The summed E-state index contributed by atoms with van der Waals surface area (Å²) < 4.78 is 33.6. The summed E-state index contributed by atoms with van der Waals surface area (Å²) in [6.45, 7) is 3.32. The van der Waals surface area contributed by atoms with E-state index in [9.17, 15) is 44.6 Å². The van der Waals surface area contributed by atoms with Gasteiger partial charge in [-0.1, -0.05) is 187 Å². The van der Waals surface area contributed by atoms with Gasteiger partial charge in [0, 0.05) is 12.8 Å². The van der Waals surface area contributed by atoms with Crippen molar-refractivity contribution >= 4 is 19.8 Å². The number of hydrogen-bond donors (Lipinski definition) is 6. The summed E-state index contributed by atoms with van der Waals surface area (Å²) in [6, 6.07) is 0. The summed E-state index contributed by atoms with van der Waals surface area (Å²) in [5.74, 6) is -1.10. The van der Waals surface area contributed by atoms with E-state index in [0.717, 1.165) is 57.8 Å². The summed E-state index contributed by atoms with van der Waals surface area (Å²) in [6.07, 6.45) is 28.3. The van der Waals surface area contributed by atoms with Gasteiger partial charge in [-0.15, -0.1) is 0 Å². The molecule has 13 nitrogen and oxygen atoms in total. The fourth-order valence-electron chi connectivity index (χ4n) is 7.81. The Morgan fingerprint density at radius 1 is 0.484 bits per heavy atom. The van der Waals surface area contributed by atoms with Gasteiger partial charge in [-0.05, 0) is 38.5 Å². The Labute approximate surface area is 375 Å². The second kappa shape index (κ2) is 38.8. The van der Waals surface area contributed by atoms with Crippen molar-refractivity contribution in [1.82, 2.24) is 0 Å². The van der Waals surface area contributed by atoms with Crippen LogP contribution >= 0.6 is 7.82 Å². The van der Waals surface area contributed by atoms with E-state index >= 15 is 0 Å². The van der Waals surface area contributed by atoms with Gasteiger partial charge in [-0.2, -0.15) is 0 Å². The van der Waals surface area contributed by atoms with Crippen LogP contribution in [-0.2, 0) is 32.7 Å². The van der Waals surface area contributed by atoms with Crippen molar-refractivity contribution in [2.45, 2.75) is 268 Å². The van der Waals surface area contributed by atoms with Crippen molar-refractivity contribution in [3.05, 3.63) is 12.2 Å². The minimum absolute atomic E-state index is 0.0910. The molecule has 1 aliphatic carbocycles. The molecule has 0 heterocycles. The average Bonchev–Trinajstić information content (AvgIpc) is 3.25. The lowest BCUT2D eigenvalue weighted by molar-refractivity contribution is -0.220. The molecule has 62 heavy (non-hydrogen) atoms. The van der Waals surface area contributed by atoms with Gasteiger partial charge in [0.05, 0.1) is 6.61 Å². The SMILES string of the molecule is CCCCCCCC/C=C\CCCCCCCC(=O)O[C@H](COC(=O)CCCCCCCCCCCCCCCCCCCC)COP(=O)(O)OC1C(O)C(O)C(O)[C@@H](O)C1O. The fraction of sp³-hybridized carbons (Fsp3) is 0.917. The molecule has 0 bridgehead atoms. The molecule has 0 aromatic heterocycles. The number of unbranched alkanes of at least 4 members (excludes halogenated alkanes) is 28. The predicted octanol–water partition coefficient (Wildman–Crippen LogP) is 10.2. The topological polar surface area (TPSA) is 210 Å². The molecule has 0 radical (unpaired) electrons. The maximum atomic E-state index is 12.8. The minimum atomic E-state index is -5.12. The molecule has 6 unspecified atom stereocenters. The number of carbonyl (C=O) groups is 2. The molecule has 8 atom stereocenters. The number of allylic oxidation sites excluding steroid dienone is 2. The van der Waals surface area contributed by atoms with Gasteiger partial charge in [-0.25, -0.2) is 4.57 Å². The van der Waals surface area contributed by atoms with Crippen molar-refractivity contribution in [3.8, 4) is 0 Å². The first-order chi connectivity index (χ1) is 29.9. The monoisotopic (exact) mass is 907 g/mol. The van der Waals surface area contributed by atoms with Crippen LogP contribution in [0.5, 0.6) is 0 Å². The third kappa shape index (κ3) is 30.7. The van der Waals surface area contributed by atoms with Crippen LogP contribution in [0.1, 0.15) is 226 Å². The minimum Gasteiger partial charge on any atom is -0.462 e. The Balaban J connectivity index is 2.40. The Kier molecular flexibility index (Phi) is 36.7. The van der Waals surface area contributed by atoms with Crippen molar-refractivity contribution in [2.75, 3.05) is 13.2 Å². The number of esters is 2. The van der Waals surface area contributed by atoms with E-state index in [2.05, 4.69) is 26.0 Å². The van der Waals surface area contributed by atoms with E-state index in [-0.39, 0.29) is 12.8 Å². The van der Waals surface area contributed by atoms with Crippen LogP contribution in [0.4, 0.5) is 0 Å². The highest BCUT2D eigenvalue weighted by Crippen LogP contribution is 2.47. The first-order valence-corrected chi connectivity index (χ1v) is 26.5. The molecule has 0 saturated heterocycles. The molecule has 0 aromatic carbocycles. The highest BCUT2D eigenvalue weighted by Gasteiger charge is 2.51. The number of phosphoric acid groups is 1. The number of aliphatic hydroxyl groups excluding tert-OH is 5. The molecule has 1 aliphatic rings. The zero-order chi connectivity index (χ0) is 45.7. The number of aliphatic hydroxyl groups is 5. The standard InChI is InChI=1S/C48H91O13P/c1-3-5-7-9-11-13-15-17-19-20-21-23-24-26-28-30-32-34-36-41(49)58-38-40(39-59-62(56,57)61-48-46(54)44(52)43(51)45(53)47(48)55)60-42(50)37-35-33-31-29-27-25-22-18-16-14-12-10-8-6-4-2/h18,22,40,43-48,51-55H,3-17,19-21,23-39H2,1-2H3,(H,56,57)/b22-18-/t40-,43?,44-,45?,46?,47?,48?/m1/s1. The molecule has 0 aromatic rings. The molecule has 14 heteroatoms. The first kappa shape index (κ1) is 58.6. The van der Waals surface area contributed by atoms with Crippen LogP contribution in [-0.4, -0.2) is 98.3 Å². The number of hydrogen-bond acceptors (Lipinski definition) is 12.